The number of amides is 2. The van der Waals surface area contributed by atoms with E-state index in [9.17, 15) is 19.7 Å². The number of carbonyl (C=O) groups is 2. The fourth-order valence-electron chi connectivity index (χ4n) is 1.73. The second kappa shape index (κ2) is 5.41. The lowest BCUT2D eigenvalue weighted by Gasteiger charge is -2.09. The number of nitro groups is 1. The summed E-state index contributed by atoms with van der Waals surface area (Å²) in [6.45, 7) is 0. The molecule has 0 aliphatic carbocycles. The Balaban J connectivity index is 1.90. The molecule has 2 aromatic rings. The SMILES string of the molecule is O=C1S/C(=C\c2ccc([N+](=O)[O-])o2)C(=O)N1c1cccnn1. The number of anilines is 1. The van der Waals surface area contributed by atoms with Crippen molar-refractivity contribution in [3.63, 3.8) is 0 Å². The minimum Gasteiger partial charge on any atom is -0.401 e. The highest BCUT2D eigenvalue weighted by Gasteiger charge is 2.37. The van der Waals surface area contributed by atoms with Gasteiger partial charge in [0.15, 0.2) is 5.82 Å². The van der Waals surface area contributed by atoms with Crippen molar-refractivity contribution in [2.75, 3.05) is 4.90 Å². The Morgan fingerprint density at radius 2 is 2.14 bits per heavy atom. The Hall–Kier alpha value is -3.01. The van der Waals surface area contributed by atoms with Crippen molar-refractivity contribution in [3.8, 4) is 0 Å². The molecule has 0 saturated carbocycles. The zero-order valence-electron chi connectivity index (χ0n) is 10.7. The third-order valence-electron chi connectivity index (χ3n) is 2.65. The molecule has 0 atom stereocenters. The van der Waals surface area contributed by atoms with Crippen LogP contribution in [0.1, 0.15) is 5.76 Å². The molecule has 9 nitrogen and oxygen atoms in total. The van der Waals surface area contributed by atoms with Crippen molar-refractivity contribution in [3.05, 3.63) is 51.2 Å². The van der Waals surface area contributed by atoms with Gasteiger partial charge in [0.2, 0.25) is 0 Å². The van der Waals surface area contributed by atoms with E-state index < -0.39 is 22.0 Å². The molecule has 3 heterocycles. The van der Waals surface area contributed by atoms with Gasteiger partial charge in [-0.3, -0.25) is 19.7 Å². The highest BCUT2D eigenvalue weighted by Crippen LogP contribution is 2.35. The maximum atomic E-state index is 12.2. The minimum absolute atomic E-state index is 0.0832. The van der Waals surface area contributed by atoms with E-state index in [0.717, 1.165) is 4.90 Å². The van der Waals surface area contributed by atoms with E-state index >= 15 is 0 Å². The molecule has 1 fully saturated rings. The zero-order chi connectivity index (χ0) is 15.7. The molecule has 0 aromatic carbocycles. The van der Waals surface area contributed by atoms with Crippen LogP contribution < -0.4 is 4.90 Å². The number of nitrogens with zero attached hydrogens (tertiary/aromatic N) is 4. The summed E-state index contributed by atoms with van der Waals surface area (Å²) in [5, 5.41) is 17.3. The van der Waals surface area contributed by atoms with Gasteiger partial charge in [0, 0.05) is 12.3 Å². The molecule has 110 valence electrons. The maximum Gasteiger partial charge on any atom is 0.433 e. The number of thioether (sulfide) groups is 1. The number of aromatic nitrogens is 2. The smallest absolute Gasteiger partial charge is 0.401 e. The van der Waals surface area contributed by atoms with Crippen LogP contribution in [0.2, 0.25) is 0 Å². The summed E-state index contributed by atoms with van der Waals surface area (Å²) in [4.78, 5) is 35.0. The molecule has 10 heteroatoms. The summed E-state index contributed by atoms with van der Waals surface area (Å²) in [7, 11) is 0. The second-order valence-electron chi connectivity index (χ2n) is 4.03. The van der Waals surface area contributed by atoms with E-state index in [1.165, 1.54) is 30.5 Å². The van der Waals surface area contributed by atoms with E-state index in [2.05, 4.69) is 10.2 Å². The number of rotatable bonds is 3. The van der Waals surface area contributed by atoms with Crippen LogP contribution in [0.3, 0.4) is 0 Å². The lowest BCUT2D eigenvalue weighted by molar-refractivity contribution is -0.402. The lowest BCUT2D eigenvalue weighted by atomic mass is 10.3. The molecule has 0 unspecified atom stereocenters. The number of hydrogen-bond acceptors (Lipinski definition) is 8. The predicted octanol–water partition coefficient (Wildman–Crippen LogP) is 2.22. The van der Waals surface area contributed by atoms with E-state index in [0.29, 0.717) is 11.8 Å². The molecule has 2 amide bonds. The van der Waals surface area contributed by atoms with Gasteiger partial charge in [-0.15, -0.1) is 5.10 Å². The van der Waals surface area contributed by atoms with Gasteiger partial charge < -0.3 is 4.42 Å². The van der Waals surface area contributed by atoms with Gasteiger partial charge >= 0.3 is 5.88 Å². The predicted molar refractivity (Wildman–Crippen MR) is 75.8 cm³/mol. The number of hydrogen-bond donors (Lipinski definition) is 0. The number of imide groups is 1. The first-order valence-electron chi connectivity index (χ1n) is 5.86. The molecule has 2 aromatic heterocycles. The molecular weight excluding hydrogens is 312 g/mol. The first kappa shape index (κ1) is 13.9. The average molecular weight is 318 g/mol. The Bertz CT molecular complexity index is 801. The summed E-state index contributed by atoms with van der Waals surface area (Å²) in [5.74, 6) is -0.816. The normalized spacial score (nSPS) is 16.5. The molecule has 1 aliphatic rings. The first-order valence-corrected chi connectivity index (χ1v) is 6.68. The maximum absolute atomic E-state index is 12.2. The first-order chi connectivity index (χ1) is 10.6. The van der Waals surface area contributed by atoms with Crippen LogP contribution >= 0.6 is 11.8 Å². The van der Waals surface area contributed by atoms with Gasteiger partial charge in [-0.2, -0.15) is 5.10 Å². The Labute approximate surface area is 126 Å². The third kappa shape index (κ3) is 2.46. The standard InChI is InChI=1S/C12H6N4O5S/c17-11-8(6-7-3-4-10(21-7)16(19)20)22-12(18)15(11)9-2-1-5-13-14-9/h1-6H/b8-6-. The lowest BCUT2D eigenvalue weighted by Crippen LogP contribution is -2.28. The summed E-state index contributed by atoms with van der Waals surface area (Å²) in [6, 6.07) is 5.53. The highest BCUT2D eigenvalue weighted by atomic mass is 32.2. The van der Waals surface area contributed by atoms with Crippen LogP contribution in [-0.2, 0) is 4.79 Å². The van der Waals surface area contributed by atoms with Gasteiger partial charge in [-0.25, -0.2) is 4.90 Å². The van der Waals surface area contributed by atoms with Gasteiger partial charge in [-0.05, 0) is 30.0 Å². The van der Waals surface area contributed by atoms with Crippen molar-refractivity contribution in [2.45, 2.75) is 0 Å². The summed E-state index contributed by atoms with van der Waals surface area (Å²) < 4.78 is 4.93. The van der Waals surface area contributed by atoms with Gasteiger partial charge in [-0.1, -0.05) is 0 Å². The number of carbonyl (C=O) groups excluding carboxylic acids is 2. The third-order valence-corrected chi connectivity index (χ3v) is 3.52. The van der Waals surface area contributed by atoms with E-state index in [-0.39, 0.29) is 16.5 Å². The fraction of sp³-hybridized carbons (Fsp3) is 0. The molecule has 1 saturated heterocycles. The molecule has 0 N–H and O–H groups in total. The highest BCUT2D eigenvalue weighted by molar-refractivity contribution is 8.19. The number of furan rings is 1. The second-order valence-corrected chi connectivity index (χ2v) is 5.03. The summed E-state index contributed by atoms with van der Waals surface area (Å²) in [5.41, 5.74) is 0. The monoisotopic (exact) mass is 318 g/mol. The Kier molecular flexibility index (Phi) is 3.43. The Morgan fingerprint density at radius 1 is 1.32 bits per heavy atom. The van der Waals surface area contributed by atoms with Crippen molar-refractivity contribution in [1.82, 2.24) is 10.2 Å². The van der Waals surface area contributed by atoms with E-state index in [4.69, 9.17) is 4.42 Å². The quantitative estimate of drug-likeness (QED) is 0.480. The van der Waals surface area contributed by atoms with Crippen LogP contribution in [0.15, 0.2) is 39.8 Å². The van der Waals surface area contributed by atoms with Crippen molar-refractivity contribution in [1.29, 1.82) is 0 Å². The average Bonchev–Trinajstić information content (AvgIpc) is 3.06. The molecule has 3 rings (SSSR count). The van der Waals surface area contributed by atoms with Gasteiger partial charge in [0.25, 0.3) is 11.1 Å². The van der Waals surface area contributed by atoms with Crippen LogP contribution in [0.25, 0.3) is 6.08 Å². The molecule has 0 radical (unpaired) electrons. The summed E-state index contributed by atoms with van der Waals surface area (Å²) in [6.07, 6.45) is 2.69. The van der Waals surface area contributed by atoms with Crippen molar-refractivity contribution < 1.29 is 18.9 Å². The van der Waals surface area contributed by atoms with Gasteiger partial charge in [0.05, 0.1) is 11.0 Å². The van der Waals surface area contributed by atoms with Crippen molar-refractivity contribution >= 4 is 40.7 Å². The largest absolute Gasteiger partial charge is 0.433 e. The molecule has 22 heavy (non-hydrogen) atoms. The van der Waals surface area contributed by atoms with Crippen LogP contribution in [0.4, 0.5) is 16.5 Å². The molecular formula is C12H6N4O5S. The zero-order valence-corrected chi connectivity index (χ0v) is 11.5. The van der Waals surface area contributed by atoms with Crippen LogP contribution in [-0.4, -0.2) is 26.3 Å². The Morgan fingerprint density at radius 3 is 2.77 bits per heavy atom. The van der Waals surface area contributed by atoms with Crippen LogP contribution in [0, 0.1) is 10.1 Å². The van der Waals surface area contributed by atoms with E-state index in [1.807, 2.05) is 0 Å². The fourth-order valence-corrected chi connectivity index (χ4v) is 2.53. The van der Waals surface area contributed by atoms with Crippen molar-refractivity contribution in [2.24, 2.45) is 0 Å². The molecule has 0 spiro atoms. The van der Waals surface area contributed by atoms with Gasteiger partial charge in [0.1, 0.15) is 10.7 Å². The van der Waals surface area contributed by atoms with Crippen LogP contribution in [0.5, 0.6) is 0 Å². The molecule has 1 aliphatic heterocycles. The molecule has 0 bridgehead atoms. The minimum atomic E-state index is -0.692. The summed E-state index contributed by atoms with van der Waals surface area (Å²) >= 11 is 0.690. The topological polar surface area (TPSA) is 119 Å². The van der Waals surface area contributed by atoms with E-state index in [1.54, 1.807) is 6.07 Å².